The minimum atomic E-state index is -5.04. The molecule has 47 heavy (non-hydrogen) atoms. The minimum absolute atomic E-state index is 0.0283. The molecule has 1 N–H and O–H groups in total. The van der Waals surface area contributed by atoms with Crippen LogP contribution in [0.1, 0.15) is 66.8 Å². The average molecular weight is 674 g/mol. The Morgan fingerprint density at radius 3 is 1.94 bits per heavy atom. The molecule has 2 unspecified atom stereocenters. The quantitative estimate of drug-likeness (QED) is 0.395. The van der Waals surface area contributed by atoms with Crippen LogP contribution in [-0.2, 0) is 33.3 Å². The Balaban J connectivity index is 1.55. The van der Waals surface area contributed by atoms with Gasteiger partial charge in [-0.15, -0.1) is 0 Å². The molecule has 0 radical (unpaired) electrons. The molecule has 2 heterocycles. The van der Waals surface area contributed by atoms with Gasteiger partial charge in [-0.1, -0.05) is 6.07 Å². The van der Waals surface area contributed by atoms with Gasteiger partial charge < -0.3 is 19.8 Å². The number of alkyl halides is 6. The van der Waals surface area contributed by atoms with E-state index in [1.54, 1.807) is 11.8 Å². The number of benzene rings is 2. The van der Waals surface area contributed by atoms with Crippen molar-refractivity contribution in [2.75, 3.05) is 33.2 Å². The number of carbonyl (C=O) groups excluding carboxylic acids is 3. The van der Waals surface area contributed by atoms with Gasteiger partial charge in [0, 0.05) is 57.5 Å². The molecule has 7 nitrogen and oxygen atoms in total. The van der Waals surface area contributed by atoms with Crippen LogP contribution in [0.4, 0.5) is 30.7 Å². The molecule has 4 rings (SSSR count). The molecule has 2 fully saturated rings. The van der Waals surface area contributed by atoms with E-state index in [9.17, 15) is 50.2 Å². The molecular formula is C33H38F7N3O4. The maximum absolute atomic E-state index is 14.0. The van der Waals surface area contributed by atoms with Gasteiger partial charge >= 0.3 is 12.4 Å². The van der Waals surface area contributed by atoms with Crippen molar-refractivity contribution in [2.24, 2.45) is 11.8 Å². The van der Waals surface area contributed by atoms with Crippen LogP contribution in [0.3, 0.4) is 0 Å². The molecule has 2 atom stereocenters. The molecule has 0 saturated carbocycles. The fraction of sp³-hybridized carbons (Fsp3) is 0.545. The van der Waals surface area contributed by atoms with E-state index in [0.29, 0.717) is 36.1 Å². The van der Waals surface area contributed by atoms with Crippen LogP contribution in [0, 0.1) is 24.6 Å². The zero-order valence-electron chi connectivity index (χ0n) is 26.5. The Bertz CT molecular complexity index is 1460. The van der Waals surface area contributed by atoms with E-state index >= 15 is 0 Å². The molecule has 0 bridgehead atoms. The lowest BCUT2D eigenvalue weighted by Gasteiger charge is -2.42. The summed E-state index contributed by atoms with van der Waals surface area (Å²) in [7, 11) is 1.30. The lowest BCUT2D eigenvalue weighted by Crippen LogP contribution is -2.52. The van der Waals surface area contributed by atoms with Gasteiger partial charge in [0.1, 0.15) is 11.4 Å². The number of carbonyl (C=O) groups is 3. The highest BCUT2D eigenvalue weighted by atomic mass is 19.4. The number of amides is 3. The van der Waals surface area contributed by atoms with Crippen LogP contribution in [0.25, 0.3) is 0 Å². The second kappa shape index (κ2) is 13.4. The normalized spacial score (nSPS) is 19.9. The summed E-state index contributed by atoms with van der Waals surface area (Å²) in [6.45, 7) is 4.74. The summed E-state index contributed by atoms with van der Waals surface area (Å²) in [6, 6.07) is 5.24. The average Bonchev–Trinajstić information content (AvgIpc) is 2.98. The third-order valence-corrected chi connectivity index (χ3v) is 8.97. The Labute approximate surface area is 268 Å². The van der Waals surface area contributed by atoms with Crippen LogP contribution in [0.2, 0.25) is 0 Å². The van der Waals surface area contributed by atoms with Crippen molar-refractivity contribution in [1.82, 2.24) is 14.7 Å². The van der Waals surface area contributed by atoms with Gasteiger partial charge in [-0.05, 0) is 87.1 Å². The molecule has 3 amide bonds. The first-order valence-corrected chi connectivity index (χ1v) is 15.3. The van der Waals surface area contributed by atoms with Crippen molar-refractivity contribution < 1.29 is 50.2 Å². The Morgan fingerprint density at radius 2 is 1.43 bits per heavy atom. The number of aryl methyl sites for hydroxylation is 1. The van der Waals surface area contributed by atoms with E-state index in [1.165, 1.54) is 44.0 Å². The van der Waals surface area contributed by atoms with Crippen molar-refractivity contribution in [2.45, 2.75) is 70.4 Å². The highest BCUT2D eigenvalue weighted by molar-refractivity contribution is 5.85. The van der Waals surface area contributed by atoms with Gasteiger partial charge in [0.15, 0.2) is 0 Å². The van der Waals surface area contributed by atoms with Crippen LogP contribution in [-0.4, -0.2) is 76.4 Å². The third kappa shape index (κ3) is 8.43. The van der Waals surface area contributed by atoms with Gasteiger partial charge in [0.05, 0.1) is 11.1 Å². The number of likely N-dealkylation sites (tertiary alicyclic amines) is 2. The molecule has 2 saturated heterocycles. The van der Waals surface area contributed by atoms with Crippen molar-refractivity contribution >= 4 is 17.7 Å². The second-order valence-corrected chi connectivity index (χ2v) is 13.0. The molecule has 2 aromatic carbocycles. The molecule has 2 aliphatic rings. The lowest BCUT2D eigenvalue weighted by molar-refractivity contribution is -0.152. The lowest BCUT2D eigenvalue weighted by atomic mass is 9.77. The smallest absolute Gasteiger partial charge is 0.381 e. The number of hydrogen-bond acceptors (Lipinski definition) is 4. The fourth-order valence-electron chi connectivity index (χ4n) is 6.54. The van der Waals surface area contributed by atoms with Gasteiger partial charge in [-0.3, -0.25) is 14.4 Å². The summed E-state index contributed by atoms with van der Waals surface area (Å²) in [6.07, 6.45) is -9.17. The van der Waals surface area contributed by atoms with Crippen molar-refractivity contribution in [3.63, 3.8) is 0 Å². The maximum Gasteiger partial charge on any atom is 0.416 e. The Morgan fingerprint density at radius 1 is 0.872 bits per heavy atom. The molecular weight excluding hydrogens is 635 g/mol. The summed E-state index contributed by atoms with van der Waals surface area (Å²) in [5.41, 5.74) is -3.73. The van der Waals surface area contributed by atoms with Crippen LogP contribution >= 0.6 is 0 Å². The number of nitrogens with zero attached hydrogens (tertiary/aromatic N) is 3. The maximum atomic E-state index is 14.0. The standard InChI is InChI=1S/C33H38F7N3O4/c1-19-13-24(34)5-6-25(19)27-18-43(28(44)21-7-10-42(11-8-21)30(46)31(2,3)47)12-9-26(27)29(45)41(4)17-20-14-22(32(35,36)37)16-23(15-20)33(38,39)40/h5-6,13-16,21,26-27,47H,7-12,17-18H2,1-4H3. The highest BCUT2D eigenvalue weighted by Crippen LogP contribution is 2.39. The van der Waals surface area contributed by atoms with E-state index in [0.717, 1.165) is 4.90 Å². The van der Waals surface area contributed by atoms with Crippen LogP contribution in [0.15, 0.2) is 36.4 Å². The van der Waals surface area contributed by atoms with E-state index < -0.39 is 71.0 Å². The van der Waals surface area contributed by atoms with Gasteiger partial charge in [0.2, 0.25) is 11.8 Å². The molecule has 258 valence electrons. The summed E-state index contributed by atoms with van der Waals surface area (Å²) in [5, 5.41) is 10.1. The summed E-state index contributed by atoms with van der Waals surface area (Å²) < 4.78 is 94.6. The van der Waals surface area contributed by atoms with E-state index in [4.69, 9.17) is 0 Å². The predicted molar refractivity (Wildman–Crippen MR) is 157 cm³/mol. The monoisotopic (exact) mass is 673 g/mol. The summed E-state index contributed by atoms with van der Waals surface area (Å²) in [4.78, 5) is 44.2. The van der Waals surface area contributed by atoms with Crippen molar-refractivity contribution in [3.8, 4) is 0 Å². The Hall–Kier alpha value is -3.68. The van der Waals surface area contributed by atoms with Gasteiger partial charge in [0.25, 0.3) is 5.91 Å². The topological polar surface area (TPSA) is 81.2 Å². The van der Waals surface area contributed by atoms with Crippen LogP contribution in [0.5, 0.6) is 0 Å². The highest BCUT2D eigenvalue weighted by Gasteiger charge is 2.42. The first-order valence-electron chi connectivity index (χ1n) is 15.3. The second-order valence-electron chi connectivity index (χ2n) is 13.0. The first-order chi connectivity index (χ1) is 21.7. The van der Waals surface area contributed by atoms with Crippen LogP contribution < -0.4 is 0 Å². The SMILES string of the molecule is Cc1cc(F)ccc1C1CN(C(=O)C2CCN(C(=O)C(C)(C)O)CC2)CCC1C(=O)N(C)Cc1cc(C(F)(F)F)cc(C(F)(F)F)c1. The third-order valence-electron chi connectivity index (χ3n) is 8.97. The zero-order chi connectivity index (χ0) is 35.1. The number of piperidine rings is 2. The number of hydrogen-bond donors (Lipinski definition) is 1. The fourth-order valence-corrected chi connectivity index (χ4v) is 6.54. The summed E-state index contributed by atoms with van der Waals surface area (Å²) in [5.74, 6) is -3.48. The Kier molecular flexibility index (Phi) is 10.3. The van der Waals surface area contributed by atoms with Crippen molar-refractivity contribution in [1.29, 1.82) is 0 Å². The van der Waals surface area contributed by atoms with Gasteiger partial charge in [-0.25, -0.2) is 4.39 Å². The molecule has 0 spiro atoms. The molecule has 0 aromatic heterocycles. The minimum Gasteiger partial charge on any atom is -0.381 e. The molecule has 2 aromatic rings. The predicted octanol–water partition coefficient (Wildman–Crippen LogP) is 5.77. The zero-order valence-corrected chi connectivity index (χ0v) is 26.5. The van der Waals surface area contributed by atoms with Crippen molar-refractivity contribution in [3.05, 3.63) is 70.0 Å². The summed E-state index contributed by atoms with van der Waals surface area (Å²) >= 11 is 0. The first kappa shape index (κ1) is 36.2. The molecule has 2 aliphatic heterocycles. The largest absolute Gasteiger partial charge is 0.416 e. The van der Waals surface area contributed by atoms with E-state index in [-0.39, 0.29) is 50.1 Å². The number of halogens is 7. The van der Waals surface area contributed by atoms with Gasteiger partial charge in [-0.2, -0.15) is 26.3 Å². The number of aliphatic hydroxyl groups is 1. The molecule has 14 heteroatoms. The molecule has 0 aliphatic carbocycles. The van der Waals surface area contributed by atoms with E-state index in [2.05, 4.69) is 0 Å². The number of rotatable bonds is 6. The van der Waals surface area contributed by atoms with E-state index in [1.807, 2.05) is 0 Å².